The maximum absolute atomic E-state index is 13.9. The molecule has 0 saturated heterocycles. The molecule has 0 fully saturated rings. The number of methoxy groups -OCH3 is 1. The Labute approximate surface area is 235 Å². The van der Waals surface area contributed by atoms with E-state index in [2.05, 4.69) is 31.4 Å². The van der Waals surface area contributed by atoms with Gasteiger partial charge in [0.25, 0.3) is 5.91 Å². The van der Waals surface area contributed by atoms with Crippen molar-refractivity contribution in [3.8, 4) is 22.8 Å². The predicted octanol–water partition coefficient (Wildman–Crippen LogP) is 7.20. The van der Waals surface area contributed by atoms with Crippen LogP contribution in [0.4, 0.5) is 4.39 Å². The van der Waals surface area contributed by atoms with Crippen LogP contribution in [0, 0.1) is 5.82 Å². The Morgan fingerprint density at radius 3 is 2.78 bits per heavy atom. The molecule has 190 valence electrons. The monoisotopic (exact) mass is 619 g/mol. The van der Waals surface area contributed by atoms with Gasteiger partial charge >= 0.3 is 0 Å². The molecule has 1 N–H and O–H groups in total. The first-order chi connectivity index (χ1) is 17.9. The van der Waals surface area contributed by atoms with E-state index in [0.29, 0.717) is 32.1 Å². The van der Waals surface area contributed by atoms with Gasteiger partial charge in [-0.2, -0.15) is 5.10 Å². The smallest absolute Gasteiger partial charge is 0.250 e. The first-order valence-electron chi connectivity index (χ1n) is 10.8. The van der Waals surface area contributed by atoms with E-state index in [-0.39, 0.29) is 24.1 Å². The molecular weight excluding hydrogens is 601 g/mol. The highest BCUT2D eigenvalue weighted by Gasteiger charge is 2.13. The SMILES string of the molecule is COc1cc(/C=N/NC(=O)CSc2nc(-c3ccc(Cl)cc3)cs2)cc(Br)c1OCc1ccccc1F. The van der Waals surface area contributed by atoms with Gasteiger partial charge in [-0.25, -0.2) is 14.8 Å². The zero-order chi connectivity index (χ0) is 26.2. The van der Waals surface area contributed by atoms with Crippen LogP contribution in [0.25, 0.3) is 11.3 Å². The Bertz CT molecular complexity index is 1420. The van der Waals surface area contributed by atoms with Crippen molar-refractivity contribution in [3.05, 3.63) is 92.5 Å². The quantitative estimate of drug-likeness (QED) is 0.115. The fraction of sp³-hybridized carbons (Fsp3) is 0.115. The second-order valence-corrected chi connectivity index (χ2v) is 10.9. The molecule has 4 rings (SSSR count). The third kappa shape index (κ3) is 7.54. The van der Waals surface area contributed by atoms with Crippen LogP contribution in [0.1, 0.15) is 11.1 Å². The standard InChI is InChI=1S/C26H20BrClFN3O3S2/c1-34-23-11-16(10-20(27)25(23)35-13-18-4-2-3-5-21(18)29)12-30-32-24(33)15-37-26-31-22(14-36-26)17-6-8-19(28)9-7-17/h2-12,14H,13,15H2,1H3,(H,32,33)/b30-12+. The zero-order valence-electron chi connectivity index (χ0n) is 19.4. The van der Waals surface area contributed by atoms with Crippen LogP contribution >= 0.6 is 50.6 Å². The summed E-state index contributed by atoms with van der Waals surface area (Å²) in [6, 6.07) is 17.3. The fourth-order valence-corrected chi connectivity index (χ4v) is 5.46. The van der Waals surface area contributed by atoms with Crippen LogP contribution in [0.15, 0.2) is 80.0 Å². The molecule has 0 aliphatic carbocycles. The number of rotatable bonds is 10. The Morgan fingerprint density at radius 1 is 1.24 bits per heavy atom. The molecule has 0 saturated carbocycles. The number of hydrogen-bond donors (Lipinski definition) is 1. The number of nitrogens with zero attached hydrogens (tertiary/aromatic N) is 2. The Morgan fingerprint density at radius 2 is 2.03 bits per heavy atom. The minimum Gasteiger partial charge on any atom is -0.493 e. The molecule has 0 aliphatic heterocycles. The fourth-order valence-electron chi connectivity index (χ4n) is 3.13. The highest BCUT2D eigenvalue weighted by molar-refractivity contribution is 9.10. The molecule has 0 bridgehead atoms. The van der Waals surface area contributed by atoms with Gasteiger partial charge in [0.1, 0.15) is 12.4 Å². The minimum absolute atomic E-state index is 0.0447. The Balaban J connectivity index is 1.31. The van der Waals surface area contributed by atoms with Gasteiger partial charge in [0.2, 0.25) is 0 Å². The number of ether oxygens (including phenoxy) is 2. The molecule has 11 heteroatoms. The third-order valence-electron chi connectivity index (χ3n) is 4.93. The number of nitrogens with one attached hydrogen (secondary N) is 1. The molecule has 3 aromatic carbocycles. The lowest BCUT2D eigenvalue weighted by Gasteiger charge is -2.14. The van der Waals surface area contributed by atoms with E-state index in [9.17, 15) is 9.18 Å². The number of thiazole rings is 1. The molecule has 37 heavy (non-hydrogen) atoms. The predicted molar refractivity (Wildman–Crippen MR) is 150 cm³/mol. The number of halogens is 3. The van der Waals surface area contributed by atoms with Gasteiger partial charge in [-0.15, -0.1) is 11.3 Å². The highest BCUT2D eigenvalue weighted by Crippen LogP contribution is 2.37. The van der Waals surface area contributed by atoms with Gasteiger partial charge in [0.05, 0.1) is 29.2 Å². The summed E-state index contributed by atoms with van der Waals surface area (Å²) in [7, 11) is 1.51. The van der Waals surface area contributed by atoms with Crippen molar-refractivity contribution in [2.75, 3.05) is 12.9 Å². The number of hydrazone groups is 1. The summed E-state index contributed by atoms with van der Waals surface area (Å²) >= 11 is 12.2. The van der Waals surface area contributed by atoms with Gasteiger partial charge in [-0.1, -0.05) is 53.7 Å². The zero-order valence-corrected chi connectivity index (χ0v) is 23.4. The van der Waals surface area contributed by atoms with Crippen molar-refractivity contribution in [1.82, 2.24) is 10.4 Å². The first-order valence-corrected chi connectivity index (χ1v) is 13.9. The second kappa shape index (κ2) is 13.0. The summed E-state index contributed by atoms with van der Waals surface area (Å²) in [5, 5.41) is 6.64. The average Bonchev–Trinajstić information content (AvgIpc) is 3.37. The second-order valence-electron chi connectivity index (χ2n) is 7.50. The van der Waals surface area contributed by atoms with Gasteiger partial charge in [-0.3, -0.25) is 4.79 Å². The van der Waals surface area contributed by atoms with Crippen molar-refractivity contribution in [3.63, 3.8) is 0 Å². The molecule has 4 aromatic rings. The largest absolute Gasteiger partial charge is 0.493 e. The van der Waals surface area contributed by atoms with Gasteiger partial charge in [-0.05, 0) is 51.8 Å². The molecule has 0 atom stereocenters. The van der Waals surface area contributed by atoms with Crippen LogP contribution in [-0.2, 0) is 11.4 Å². The van der Waals surface area contributed by atoms with Crippen LogP contribution in [0.5, 0.6) is 11.5 Å². The van der Waals surface area contributed by atoms with Crippen molar-refractivity contribution < 1.29 is 18.7 Å². The van der Waals surface area contributed by atoms with Crippen molar-refractivity contribution in [2.45, 2.75) is 10.9 Å². The number of carbonyl (C=O) groups excluding carboxylic acids is 1. The summed E-state index contributed by atoms with van der Waals surface area (Å²) in [5.74, 6) is 0.437. The maximum atomic E-state index is 13.9. The third-order valence-corrected chi connectivity index (χ3v) is 7.80. The highest BCUT2D eigenvalue weighted by atomic mass is 79.9. The lowest BCUT2D eigenvalue weighted by Crippen LogP contribution is -2.19. The van der Waals surface area contributed by atoms with Gasteiger partial charge in [0, 0.05) is 21.5 Å². The normalized spacial score (nSPS) is 11.0. The van der Waals surface area contributed by atoms with E-state index in [1.165, 1.54) is 42.5 Å². The van der Waals surface area contributed by atoms with Gasteiger partial charge in [0.15, 0.2) is 15.8 Å². The number of amides is 1. The molecule has 1 heterocycles. The summed E-state index contributed by atoms with van der Waals surface area (Å²) < 4.78 is 26.5. The maximum Gasteiger partial charge on any atom is 0.250 e. The Hall–Kier alpha value is -2.92. The average molecular weight is 621 g/mol. The van der Waals surface area contributed by atoms with E-state index in [1.54, 1.807) is 30.3 Å². The molecule has 6 nitrogen and oxygen atoms in total. The van der Waals surface area contributed by atoms with Crippen molar-refractivity contribution in [2.24, 2.45) is 5.10 Å². The Kier molecular flexibility index (Phi) is 9.56. The molecular formula is C26H20BrClFN3O3S2. The summed E-state index contributed by atoms with van der Waals surface area (Å²) in [4.78, 5) is 16.8. The van der Waals surface area contributed by atoms with Crippen LogP contribution < -0.4 is 14.9 Å². The lowest BCUT2D eigenvalue weighted by molar-refractivity contribution is -0.118. The summed E-state index contributed by atoms with van der Waals surface area (Å²) in [6.45, 7) is 0.0447. The topological polar surface area (TPSA) is 72.8 Å². The van der Waals surface area contributed by atoms with Crippen molar-refractivity contribution in [1.29, 1.82) is 0 Å². The molecule has 0 aliphatic rings. The van der Waals surface area contributed by atoms with E-state index in [1.807, 2.05) is 29.6 Å². The van der Waals surface area contributed by atoms with Crippen molar-refractivity contribution >= 4 is 62.8 Å². The number of carbonyl (C=O) groups is 1. The number of aromatic nitrogens is 1. The molecule has 1 aromatic heterocycles. The number of hydrogen-bond acceptors (Lipinski definition) is 7. The number of thioether (sulfide) groups is 1. The van der Waals surface area contributed by atoms with E-state index < -0.39 is 0 Å². The van der Waals surface area contributed by atoms with Crippen LogP contribution in [0.2, 0.25) is 5.02 Å². The molecule has 0 spiro atoms. The van der Waals surface area contributed by atoms with E-state index in [0.717, 1.165) is 15.6 Å². The van der Waals surface area contributed by atoms with E-state index in [4.69, 9.17) is 21.1 Å². The first kappa shape index (κ1) is 27.1. The van der Waals surface area contributed by atoms with Gasteiger partial charge < -0.3 is 9.47 Å². The summed E-state index contributed by atoms with van der Waals surface area (Å²) in [6.07, 6.45) is 1.50. The van der Waals surface area contributed by atoms with Crippen LogP contribution in [0.3, 0.4) is 0 Å². The van der Waals surface area contributed by atoms with Crippen LogP contribution in [-0.4, -0.2) is 30.0 Å². The number of benzene rings is 3. The van der Waals surface area contributed by atoms with E-state index >= 15 is 0 Å². The summed E-state index contributed by atoms with van der Waals surface area (Å²) in [5.41, 5.74) is 5.42. The minimum atomic E-state index is -0.341. The molecule has 1 amide bonds. The molecule has 0 radical (unpaired) electrons. The molecule has 0 unspecified atom stereocenters. The lowest BCUT2D eigenvalue weighted by atomic mass is 10.2.